The van der Waals surface area contributed by atoms with E-state index < -0.39 is 0 Å². The van der Waals surface area contributed by atoms with Gasteiger partial charge >= 0.3 is 0 Å². The van der Waals surface area contributed by atoms with Crippen LogP contribution in [0, 0.1) is 0 Å². The molecule has 0 spiro atoms. The second-order valence-corrected chi connectivity index (χ2v) is 19.7. The van der Waals surface area contributed by atoms with Gasteiger partial charge in [-0.15, -0.1) is 0 Å². The monoisotopic (exact) mass is 966 g/mol. The Bertz CT molecular complexity index is 4420. The van der Waals surface area contributed by atoms with E-state index in [2.05, 4.69) is 288 Å². The number of aromatic nitrogens is 4. The Balaban J connectivity index is 0.919. The number of para-hydroxylation sites is 6. The third-order valence-corrected chi connectivity index (χ3v) is 15.3. The molecule has 0 aliphatic heterocycles. The molecule has 0 unspecified atom stereocenters. The van der Waals surface area contributed by atoms with Gasteiger partial charge in [-0.2, -0.15) is 0 Å². The minimum atomic E-state index is 0.918. The maximum atomic E-state index is 5.18. The highest BCUT2D eigenvalue weighted by molar-refractivity contribution is 6.23. The molecule has 13 aromatic carbocycles. The fourth-order valence-corrected chi connectivity index (χ4v) is 11.6. The Kier molecular flexibility index (Phi) is 10.2. The molecule has 0 bridgehead atoms. The third kappa shape index (κ3) is 7.30. The van der Waals surface area contributed by atoms with Gasteiger partial charge in [0, 0.05) is 22.5 Å². The SMILES string of the molecule is c1ccc(-n2c(-c3ccc(-c4ccc5c(-c6ccc7ccccc7c6)c6cc(-c7ccc(-c8nc9ccccc9n8-c8ccccc8)cc7)ccc6c(-c6ccc7ccccc7c6)c5c4)cc3)nc3ccccc32)cc1. The molecule has 354 valence electrons. The summed E-state index contributed by atoms with van der Waals surface area (Å²) in [5.74, 6) is 1.84. The molecular formula is C72H46N4. The fraction of sp³-hybridized carbons (Fsp3) is 0. The zero-order valence-electron chi connectivity index (χ0n) is 41.3. The van der Waals surface area contributed by atoms with Crippen molar-refractivity contribution in [3.63, 3.8) is 0 Å². The lowest BCUT2D eigenvalue weighted by Crippen LogP contribution is -1.97. The Hall–Kier alpha value is -10.2. The molecular weight excluding hydrogens is 921 g/mol. The van der Waals surface area contributed by atoms with Gasteiger partial charge in [0.15, 0.2) is 0 Å². The molecule has 0 amide bonds. The van der Waals surface area contributed by atoms with Crippen molar-refractivity contribution in [2.75, 3.05) is 0 Å². The van der Waals surface area contributed by atoms with Gasteiger partial charge in [0.1, 0.15) is 11.6 Å². The molecule has 0 saturated carbocycles. The number of rotatable bonds is 8. The average Bonchev–Trinajstić information content (AvgIpc) is 4.09. The van der Waals surface area contributed by atoms with E-state index in [0.717, 1.165) is 78.5 Å². The minimum Gasteiger partial charge on any atom is -0.292 e. The highest BCUT2D eigenvalue weighted by Gasteiger charge is 2.21. The van der Waals surface area contributed by atoms with Gasteiger partial charge in [-0.3, -0.25) is 9.13 Å². The van der Waals surface area contributed by atoms with Crippen molar-refractivity contribution >= 4 is 65.2 Å². The van der Waals surface area contributed by atoms with Crippen LogP contribution < -0.4 is 0 Å². The Morgan fingerprint density at radius 1 is 0.224 bits per heavy atom. The minimum absolute atomic E-state index is 0.918. The Labute approximate surface area is 439 Å². The first-order valence-corrected chi connectivity index (χ1v) is 26.0. The lowest BCUT2D eigenvalue weighted by molar-refractivity contribution is 1.10. The first-order chi connectivity index (χ1) is 37.7. The molecule has 2 heterocycles. The van der Waals surface area contributed by atoms with Crippen molar-refractivity contribution in [1.29, 1.82) is 0 Å². The van der Waals surface area contributed by atoms with E-state index in [4.69, 9.17) is 9.97 Å². The average molecular weight is 967 g/mol. The van der Waals surface area contributed by atoms with Crippen LogP contribution >= 0.6 is 0 Å². The van der Waals surface area contributed by atoms with Crippen molar-refractivity contribution in [1.82, 2.24) is 19.1 Å². The van der Waals surface area contributed by atoms with Crippen LogP contribution in [0.3, 0.4) is 0 Å². The maximum Gasteiger partial charge on any atom is 0.145 e. The molecule has 4 heteroatoms. The number of fused-ring (bicyclic) bond motifs is 6. The van der Waals surface area contributed by atoms with Crippen molar-refractivity contribution in [2.24, 2.45) is 0 Å². The van der Waals surface area contributed by atoms with Crippen molar-refractivity contribution in [3.05, 3.63) is 279 Å². The normalized spacial score (nSPS) is 11.7. The summed E-state index contributed by atoms with van der Waals surface area (Å²) in [6.45, 7) is 0. The van der Waals surface area contributed by atoms with Crippen LogP contribution in [0.2, 0.25) is 0 Å². The molecule has 4 nitrogen and oxygen atoms in total. The van der Waals surface area contributed by atoms with Gasteiger partial charge in [0.05, 0.1) is 22.1 Å². The standard InChI is InChI=1S/C72H46N4/c1-3-19-59(20-4-1)75-67-25-13-11-23-65(67)73-71(75)51-33-27-49(28-34-51)55-39-41-61-63(45-55)69(57-37-31-47-15-7-9-17-53(47)43-57)62-42-40-56(46-64(62)70(61)58-38-32-48-16-8-10-18-54(48)44-58)50-29-35-52(36-30-50)72-74-66-24-12-14-26-68(66)76(72)60-21-5-2-6-22-60/h1-46H. The van der Waals surface area contributed by atoms with E-state index >= 15 is 0 Å². The predicted molar refractivity (Wildman–Crippen MR) is 318 cm³/mol. The highest BCUT2D eigenvalue weighted by Crippen LogP contribution is 2.47. The summed E-state index contributed by atoms with van der Waals surface area (Å²) in [5, 5.41) is 9.69. The van der Waals surface area contributed by atoms with E-state index in [0.29, 0.717) is 0 Å². The van der Waals surface area contributed by atoms with Crippen molar-refractivity contribution in [3.8, 4) is 78.7 Å². The molecule has 76 heavy (non-hydrogen) atoms. The molecule has 0 saturated heterocycles. The molecule has 15 aromatic rings. The first kappa shape index (κ1) is 43.4. The fourth-order valence-electron chi connectivity index (χ4n) is 11.6. The highest BCUT2D eigenvalue weighted by atomic mass is 15.1. The van der Waals surface area contributed by atoms with E-state index in [1.807, 2.05) is 0 Å². The molecule has 0 N–H and O–H groups in total. The molecule has 15 rings (SSSR count). The topological polar surface area (TPSA) is 35.6 Å². The molecule has 0 atom stereocenters. The summed E-state index contributed by atoms with van der Waals surface area (Å²) in [6, 6.07) is 101. The summed E-state index contributed by atoms with van der Waals surface area (Å²) in [7, 11) is 0. The van der Waals surface area contributed by atoms with Crippen LogP contribution in [0.1, 0.15) is 0 Å². The summed E-state index contributed by atoms with van der Waals surface area (Å²) < 4.78 is 4.53. The van der Waals surface area contributed by atoms with Crippen LogP contribution in [0.4, 0.5) is 0 Å². The lowest BCUT2D eigenvalue weighted by Gasteiger charge is -2.20. The van der Waals surface area contributed by atoms with Crippen LogP contribution in [-0.2, 0) is 0 Å². The first-order valence-electron chi connectivity index (χ1n) is 26.0. The number of benzene rings is 13. The van der Waals surface area contributed by atoms with E-state index in [1.165, 1.54) is 65.3 Å². The number of nitrogens with zero attached hydrogens (tertiary/aromatic N) is 4. The maximum absolute atomic E-state index is 5.18. The van der Waals surface area contributed by atoms with E-state index in [-0.39, 0.29) is 0 Å². The quantitative estimate of drug-likeness (QED) is 0.142. The lowest BCUT2D eigenvalue weighted by atomic mass is 9.83. The van der Waals surface area contributed by atoms with Gasteiger partial charge in [0.25, 0.3) is 0 Å². The summed E-state index contributed by atoms with van der Waals surface area (Å²) >= 11 is 0. The van der Waals surface area contributed by atoms with E-state index in [9.17, 15) is 0 Å². The zero-order valence-corrected chi connectivity index (χ0v) is 41.3. The van der Waals surface area contributed by atoms with Gasteiger partial charge in [0.2, 0.25) is 0 Å². The van der Waals surface area contributed by atoms with Crippen LogP contribution in [0.25, 0.3) is 144 Å². The van der Waals surface area contributed by atoms with Crippen LogP contribution in [-0.4, -0.2) is 19.1 Å². The van der Waals surface area contributed by atoms with E-state index in [1.54, 1.807) is 0 Å². The van der Waals surface area contributed by atoms with Gasteiger partial charge in [-0.05, 0) is 160 Å². The van der Waals surface area contributed by atoms with Crippen molar-refractivity contribution < 1.29 is 0 Å². The second-order valence-electron chi connectivity index (χ2n) is 19.7. The summed E-state index contributed by atoms with van der Waals surface area (Å²) in [5.41, 5.74) is 17.8. The second kappa shape index (κ2) is 17.8. The Morgan fingerprint density at radius 3 is 1.00 bits per heavy atom. The molecule has 0 radical (unpaired) electrons. The molecule has 2 aromatic heterocycles. The zero-order chi connectivity index (χ0) is 50.1. The van der Waals surface area contributed by atoms with Crippen LogP contribution in [0.5, 0.6) is 0 Å². The van der Waals surface area contributed by atoms with Gasteiger partial charge in [-0.25, -0.2) is 9.97 Å². The third-order valence-electron chi connectivity index (χ3n) is 15.3. The van der Waals surface area contributed by atoms with Crippen LogP contribution in [0.15, 0.2) is 279 Å². The molecule has 0 fully saturated rings. The van der Waals surface area contributed by atoms with Gasteiger partial charge in [-0.1, -0.05) is 206 Å². The molecule has 0 aliphatic carbocycles. The number of hydrogen-bond donors (Lipinski definition) is 0. The molecule has 0 aliphatic rings. The predicted octanol–water partition coefficient (Wildman–Crippen LogP) is 19.0. The number of hydrogen-bond acceptors (Lipinski definition) is 2. The number of imidazole rings is 2. The van der Waals surface area contributed by atoms with Crippen molar-refractivity contribution in [2.45, 2.75) is 0 Å². The summed E-state index contributed by atoms with van der Waals surface area (Å²) in [6.07, 6.45) is 0. The smallest absolute Gasteiger partial charge is 0.145 e. The largest absolute Gasteiger partial charge is 0.292 e. The summed E-state index contributed by atoms with van der Waals surface area (Å²) in [4.78, 5) is 10.4. The Morgan fingerprint density at radius 2 is 0.566 bits per heavy atom. The van der Waals surface area contributed by atoms with Gasteiger partial charge < -0.3 is 0 Å².